The Labute approximate surface area is 115 Å². The summed E-state index contributed by atoms with van der Waals surface area (Å²) in [7, 11) is 1.63. The zero-order valence-electron chi connectivity index (χ0n) is 10.5. The average Bonchev–Trinajstić information content (AvgIpc) is 2.90. The van der Waals surface area contributed by atoms with Gasteiger partial charge in [-0.1, -0.05) is 18.2 Å². The van der Waals surface area contributed by atoms with Crippen LogP contribution in [0.2, 0.25) is 0 Å². The maximum absolute atomic E-state index is 6.36. The van der Waals surface area contributed by atoms with Gasteiger partial charge in [0.2, 0.25) is 0 Å². The molecule has 1 atom stereocenters. The Morgan fingerprint density at radius 2 is 2.11 bits per heavy atom. The lowest BCUT2D eigenvalue weighted by Crippen LogP contribution is -2.11. The number of nitrogens with zero attached hydrogens (tertiary/aromatic N) is 1. The lowest BCUT2D eigenvalue weighted by Gasteiger charge is -2.12. The van der Waals surface area contributed by atoms with Crippen LogP contribution in [0.5, 0.6) is 5.75 Å². The summed E-state index contributed by atoms with van der Waals surface area (Å²) < 4.78 is 6.45. The van der Waals surface area contributed by atoms with E-state index < -0.39 is 0 Å². The van der Waals surface area contributed by atoms with Crippen LogP contribution in [-0.2, 0) is 0 Å². The third kappa shape index (κ3) is 2.20. The van der Waals surface area contributed by atoms with Crippen LogP contribution >= 0.6 is 11.3 Å². The van der Waals surface area contributed by atoms with Gasteiger partial charge in [-0.3, -0.25) is 4.98 Å². The molecule has 0 aliphatic carbocycles. The first-order valence-electron chi connectivity index (χ1n) is 6.00. The van der Waals surface area contributed by atoms with Crippen molar-refractivity contribution in [3.05, 3.63) is 59.2 Å². The monoisotopic (exact) mass is 270 g/mol. The minimum atomic E-state index is -0.182. The van der Waals surface area contributed by atoms with Gasteiger partial charge in [-0.25, -0.2) is 0 Å². The van der Waals surface area contributed by atoms with E-state index in [0.29, 0.717) is 0 Å². The molecule has 3 rings (SSSR count). The van der Waals surface area contributed by atoms with Crippen LogP contribution in [0.3, 0.4) is 0 Å². The lowest BCUT2D eigenvalue weighted by molar-refractivity contribution is 0.412. The SMILES string of the molecule is COc1cncc(C(N)c2csc3ccccc23)c1. The highest BCUT2D eigenvalue weighted by Crippen LogP contribution is 2.32. The molecule has 0 saturated carbocycles. The third-order valence-electron chi connectivity index (χ3n) is 3.18. The van der Waals surface area contributed by atoms with Crippen molar-refractivity contribution < 1.29 is 4.74 Å². The number of hydrogen-bond donors (Lipinski definition) is 1. The maximum Gasteiger partial charge on any atom is 0.137 e. The molecule has 3 nitrogen and oxygen atoms in total. The molecule has 1 unspecified atom stereocenters. The molecule has 0 bridgehead atoms. The molecule has 96 valence electrons. The summed E-state index contributed by atoms with van der Waals surface area (Å²) in [6.45, 7) is 0. The smallest absolute Gasteiger partial charge is 0.137 e. The minimum absolute atomic E-state index is 0.182. The zero-order valence-corrected chi connectivity index (χ0v) is 11.4. The number of thiophene rings is 1. The van der Waals surface area contributed by atoms with E-state index in [1.807, 2.05) is 18.2 Å². The van der Waals surface area contributed by atoms with E-state index in [4.69, 9.17) is 10.5 Å². The van der Waals surface area contributed by atoms with E-state index >= 15 is 0 Å². The predicted octanol–water partition coefficient (Wildman–Crippen LogP) is 3.35. The molecule has 4 heteroatoms. The molecule has 0 saturated heterocycles. The van der Waals surface area contributed by atoms with Gasteiger partial charge in [-0.2, -0.15) is 0 Å². The summed E-state index contributed by atoms with van der Waals surface area (Å²) in [5.41, 5.74) is 8.46. The van der Waals surface area contributed by atoms with E-state index in [9.17, 15) is 0 Å². The topological polar surface area (TPSA) is 48.1 Å². The van der Waals surface area contributed by atoms with E-state index in [-0.39, 0.29) is 6.04 Å². The molecule has 0 spiro atoms. The van der Waals surface area contributed by atoms with Gasteiger partial charge < -0.3 is 10.5 Å². The number of rotatable bonds is 3. The number of ether oxygens (including phenoxy) is 1. The molecule has 2 aromatic heterocycles. The quantitative estimate of drug-likeness (QED) is 0.794. The third-order valence-corrected chi connectivity index (χ3v) is 4.16. The second-order valence-corrected chi connectivity index (χ2v) is 5.23. The highest BCUT2D eigenvalue weighted by molar-refractivity contribution is 7.17. The van der Waals surface area contributed by atoms with Gasteiger partial charge in [0.1, 0.15) is 5.75 Å². The highest BCUT2D eigenvalue weighted by atomic mass is 32.1. The molecular formula is C15H14N2OS. The minimum Gasteiger partial charge on any atom is -0.495 e. The van der Waals surface area contributed by atoms with Crippen molar-refractivity contribution in [1.82, 2.24) is 4.98 Å². The van der Waals surface area contributed by atoms with Gasteiger partial charge in [0.05, 0.1) is 19.3 Å². The first kappa shape index (κ1) is 12.1. The number of nitrogens with two attached hydrogens (primary N) is 1. The molecule has 2 N–H and O–H groups in total. The molecular weight excluding hydrogens is 256 g/mol. The Bertz CT molecular complexity index is 708. The summed E-state index contributed by atoms with van der Waals surface area (Å²) in [6, 6.07) is 10.0. The molecule has 19 heavy (non-hydrogen) atoms. The number of fused-ring (bicyclic) bond motifs is 1. The summed E-state index contributed by atoms with van der Waals surface area (Å²) >= 11 is 1.72. The van der Waals surface area contributed by atoms with Gasteiger partial charge in [0.25, 0.3) is 0 Å². The van der Waals surface area contributed by atoms with Crippen molar-refractivity contribution in [3.8, 4) is 5.75 Å². The summed E-state index contributed by atoms with van der Waals surface area (Å²) in [5, 5.41) is 3.33. The lowest BCUT2D eigenvalue weighted by atomic mass is 10.0. The fraction of sp³-hybridized carbons (Fsp3) is 0.133. The first-order chi connectivity index (χ1) is 9.29. The molecule has 2 heterocycles. The van der Waals surface area contributed by atoms with Crippen LogP contribution in [-0.4, -0.2) is 12.1 Å². The van der Waals surface area contributed by atoms with Crippen LogP contribution in [0.1, 0.15) is 17.2 Å². The van der Waals surface area contributed by atoms with Gasteiger partial charge in [0, 0.05) is 10.9 Å². The van der Waals surface area contributed by atoms with Crippen molar-refractivity contribution in [2.75, 3.05) is 7.11 Å². The van der Waals surface area contributed by atoms with Gasteiger partial charge in [0.15, 0.2) is 0 Å². The summed E-state index contributed by atoms with van der Waals surface area (Å²) in [5.74, 6) is 0.729. The Morgan fingerprint density at radius 3 is 2.95 bits per heavy atom. The fourth-order valence-corrected chi connectivity index (χ4v) is 3.13. The average molecular weight is 270 g/mol. The Morgan fingerprint density at radius 1 is 1.26 bits per heavy atom. The number of methoxy groups -OCH3 is 1. The van der Waals surface area contributed by atoms with Crippen molar-refractivity contribution >= 4 is 21.4 Å². The zero-order chi connectivity index (χ0) is 13.2. The van der Waals surface area contributed by atoms with Crippen molar-refractivity contribution in [2.24, 2.45) is 5.73 Å². The Balaban J connectivity index is 2.05. The van der Waals surface area contributed by atoms with Gasteiger partial charge in [-0.15, -0.1) is 11.3 Å². The molecule has 3 aromatic rings. The number of pyridine rings is 1. The normalized spacial score (nSPS) is 12.5. The van der Waals surface area contributed by atoms with E-state index in [1.54, 1.807) is 30.8 Å². The van der Waals surface area contributed by atoms with Crippen LogP contribution < -0.4 is 10.5 Å². The molecule has 0 radical (unpaired) electrons. The summed E-state index contributed by atoms with van der Waals surface area (Å²) in [4.78, 5) is 4.16. The standard InChI is InChI=1S/C15H14N2OS/c1-18-11-6-10(7-17-8-11)15(16)13-9-19-14-5-3-2-4-12(13)14/h2-9,15H,16H2,1H3. The maximum atomic E-state index is 6.36. The molecule has 0 fully saturated rings. The van der Waals surface area contributed by atoms with E-state index in [1.165, 1.54) is 10.1 Å². The van der Waals surface area contributed by atoms with Crippen LogP contribution in [0.25, 0.3) is 10.1 Å². The number of benzene rings is 1. The number of hydrogen-bond acceptors (Lipinski definition) is 4. The predicted molar refractivity (Wildman–Crippen MR) is 78.6 cm³/mol. The molecule has 0 aliphatic rings. The first-order valence-corrected chi connectivity index (χ1v) is 6.88. The van der Waals surface area contributed by atoms with Crippen molar-refractivity contribution in [2.45, 2.75) is 6.04 Å². The van der Waals surface area contributed by atoms with Crippen LogP contribution in [0.15, 0.2) is 48.1 Å². The van der Waals surface area contributed by atoms with E-state index in [0.717, 1.165) is 16.9 Å². The van der Waals surface area contributed by atoms with Gasteiger partial charge in [-0.05, 0) is 34.0 Å². The Kier molecular flexibility index (Phi) is 3.19. The Hall–Kier alpha value is -1.91. The molecule has 0 aliphatic heterocycles. The number of aromatic nitrogens is 1. The molecule has 0 amide bonds. The summed E-state index contributed by atoms with van der Waals surface area (Å²) in [6.07, 6.45) is 3.47. The largest absolute Gasteiger partial charge is 0.495 e. The van der Waals surface area contributed by atoms with Crippen LogP contribution in [0, 0.1) is 0 Å². The highest BCUT2D eigenvalue weighted by Gasteiger charge is 2.14. The fourth-order valence-electron chi connectivity index (χ4n) is 2.14. The van der Waals surface area contributed by atoms with Crippen molar-refractivity contribution in [3.63, 3.8) is 0 Å². The van der Waals surface area contributed by atoms with Crippen molar-refractivity contribution in [1.29, 1.82) is 0 Å². The molecule has 1 aromatic carbocycles. The van der Waals surface area contributed by atoms with Gasteiger partial charge >= 0.3 is 0 Å². The van der Waals surface area contributed by atoms with E-state index in [2.05, 4.69) is 22.5 Å². The van der Waals surface area contributed by atoms with Crippen LogP contribution in [0.4, 0.5) is 0 Å². The second kappa shape index (κ2) is 4.99. The second-order valence-electron chi connectivity index (χ2n) is 4.32.